The standard InChI is InChI=1S/C21H27N3O7S/c1-32(28,29)11-7-15-20(26)24(21(27)22-15)13-19(25)23-8-2-4-16(23)14-5-6-17-18(12-14)31-10-3-9-30-17/h5-6,12,15-16H,2-4,7-11,13H2,1H3,(H,22,27)/t15-,16-/m0/s1. The molecule has 11 heteroatoms. The van der Waals surface area contributed by atoms with E-state index in [2.05, 4.69) is 5.32 Å². The zero-order valence-electron chi connectivity index (χ0n) is 17.9. The number of rotatable bonds is 6. The molecule has 0 unspecified atom stereocenters. The highest BCUT2D eigenvalue weighted by Gasteiger charge is 2.41. The summed E-state index contributed by atoms with van der Waals surface area (Å²) in [4.78, 5) is 40.4. The van der Waals surface area contributed by atoms with Gasteiger partial charge in [0.15, 0.2) is 11.5 Å². The van der Waals surface area contributed by atoms with Gasteiger partial charge in [-0.05, 0) is 37.0 Å². The van der Waals surface area contributed by atoms with Gasteiger partial charge in [-0.2, -0.15) is 0 Å². The fourth-order valence-corrected chi connectivity index (χ4v) is 4.94. The minimum absolute atomic E-state index is 0.0162. The Morgan fingerprint density at radius 2 is 1.91 bits per heavy atom. The number of nitrogens with one attached hydrogen (secondary N) is 1. The highest BCUT2D eigenvalue weighted by molar-refractivity contribution is 7.90. The first kappa shape index (κ1) is 22.4. The molecule has 1 aromatic rings. The van der Waals surface area contributed by atoms with Crippen LogP contribution in [0.5, 0.6) is 11.5 Å². The number of nitrogens with zero attached hydrogens (tertiary/aromatic N) is 2. The van der Waals surface area contributed by atoms with E-state index < -0.39 is 27.8 Å². The highest BCUT2D eigenvalue weighted by atomic mass is 32.2. The molecule has 3 aliphatic heterocycles. The molecule has 3 aliphatic rings. The number of urea groups is 1. The lowest BCUT2D eigenvalue weighted by Gasteiger charge is -2.27. The third-order valence-electron chi connectivity index (χ3n) is 5.91. The molecule has 2 saturated heterocycles. The van der Waals surface area contributed by atoms with E-state index in [0.717, 1.165) is 36.0 Å². The minimum Gasteiger partial charge on any atom is -0.490 e. The lowest BCUT2D eigenvalue weighted by molar-refractivity contribution is -0.138. The van der Waals surface area contributed by atoms with Crippen LogP contribution in [0.3, 0.4) is 0 Å². The molecule has 2 fully saturated rings. The second-order valence-corrected chi connectivity index (χ2v) is 10.6. The van der Waals surface area contributed by atoms with Gasteiger partial charge in [0.25, 0.3) is 5.91 Å². The van der Waals surface area contributed by atoms with E-state index in [1.807, 2.05) is 18.2 Å². The Morgan fingerprint density at radius 1 is 1.16 bits per heavy atom. The Kier molecular flexibility index (Phi) is 6.27. The van der Waals surface area contributed by atoms with Crippen LogP contribution in [-0.2, 0) is 19.4 Å². The zero-order chi connectivity index (χ0) is 22.9. The maximum absolute atomic E-state index is 13.0. The number of ether oxygens (including phenoxy) is 2. The molecule has 10 nitrogen and oxygen atoms in total. The molecule has 0 bridgehead atoms. The number of benzene rings is 1. The fraction of sp³-hybridized carbons (Fsp3) is 0.571. The summed E-state index contributed by atoms with van der Waals surface area (Å²) in [5.74, 6) is 0.220. The van der Waals surface area contributed by atoms with Crippen LogP contribution in [0.15, 0.2) is 18.2 Å². The molecule has 4 rings (SSSR count). The summed E-state index contributed by atoms with van der Waals surface area (Å²) in [6.45, 7) is 1.31. The Bertz CT molecular complexity index is 1030. The van der Waals surface area contributed by atoms with Crippen LogP contribution in [0.2, 0.25) is 0 Å². The van der Waals surface area contributed by atoms with E-state index in [-0.39, 0.29) is 30.7 Å². The number of amides is 4. The molecule has 0 saturated carbocycles. The second-order valence-electron chi connectivity index (χ2n) is 8.35. The zero-order valence-corrected chi connectivity index (χ0v) is 18.7. The van der Waals surface area contributed by atoms with Crippen molar-refractivity contribution in [2.45, 2.75) is 37.8 Å². The minimum atomic E-state index is -3.27. The van der Waals surface area contributed by atoms with Crippen LogP contribution < -0.4 is 14.8 Å². The van der Waals surface area contributed by atoms with Crippen molar-refractivity contribution in [2.24, 2.45) is 0 Å². The summed E-state index contributed by atoms with van der Waals surface area (Å²) in [6.07, 6.45) is 3.43. The maximum Gasteiger partial charge on any atom is 0.325 e. The molecule has 32 heavy (non-hydrogen) atoms. The van der Waals surface area contributed by atoms with Gasteiger partial charge in [-0.15, -0.1) is 0 Å². The first-order valence-electron chi connectivity index (χ1n) is 10.7. The lowest BCUT2D eigenvalue weighted by atomic mass is 10.0. The predicted octanol–water partition coefficient (Wildman–Crippen LogP) is 0.866. The molecular weight excluding hydrogens is 438 g/mol. The van der Waals surface area contributed by atoms with E-state index in [1.165, 1.54) is 0 Å². The SMILES string of the molecule is CS(=O)(=O)CC[C@@H]1NC(=O)N(CC(=O)N2CCC[C@H]2c2ccc3c(c2)OCCCO3)C1=O. The number of imide groups is 1. The lowest BCUT2D eigenvalue weighted by Crippen LogP contribution is -2.43. The van der Waals surface area contributed by atoms with Gasteiger partial charge in [-0.25, -0.2) is 13.2 Å². The molecule has 4 amide bonds. The van der Waals surface area contributed by atoms with Crippen LogP contribution in [-0.4, -0.2) is 80.4 Å². The number of carbonyl (C=O) groups excluding carboxylic acids is 3. The third kappa shape index (κ3) is 4.82. The molecule has 1 N–H and O–H groups in total. The number of hydrogen-bond acceptors (Lipinski definition) is 7. The number of likely N-dealkylation sites (tertiary alicyclic amines) is 1. The topological polar surface area (TPSA) is 122 Å². The van der Waals surface area contributed by atoms with Gasteiger partial charge in [0, 0.05) is 19.2 Å². The summed E-state index contributed by atoms with van der Waals surface area (Å²) in [6, 6.07) is 3.88. The Morgan fingerprint density at radius 3 is 2.66 bits per heavy atom. The van der Waals surface area contributed by atoms with Crippen molar-refractivity contribution in [3.63, 3.8) is 0 Å². The van der Waals surface area contributed by atoms with Crippen molar-refractivity contribution in [3.8, 4) is 11.5 Å². The number of sulfone groups is 1. The highest BCUT2D eigenvalue weighted by Crippen LogP contribution is 2.38. The van der Waals surface area contributed by atoms with Crippen molar-refractivity contribution in [1.82, 2.24) is 15.1 Å². The van der Waals surface area contributed by atoms with Gasteiger partial charge < -0.3 is 19.7 Å². The van der Waals surface area contributed by atoms with Gasteiger partial charge in [0.1, 0.15) is 22.4 Å². The van der Waals surface area contributed by atoms with Crippen molar-refractivity contribution < 1.29 is 32.3 Å². The Balaban J connectivity index is 1.43. The van der Waals surface area contributed by atoms with Crippen molar-refractivity contribution in [1.29, 1.82) is 0 Å². The number of fused-ring (bicyclic) bond motifs is 1. The quantitative estimate of drug-likeness (QED) is 0.619. The van der Waals surface area contributed by atoms with Crippen LogP contribution in [0.4, 0.5) is 4.79 Å². The predicted molar refractivity (Wildman–Crippen MR) is 114 cm³/mol. The number of carbonyl (C=O) groups is 3. The number of hydrogen-bond donors (Lipinski definition) is 1. The molecule has 1 aromatic carbocycles. The average molecular weight is 466 g/mol. The smallest absolute Gasteiger partial charge is 0.325 e. The molecular formula is C21H27N3O7S. The van der Waals surface area contributed by atoms with Gasteiger partial charge in [-0.1, -0.05) is 6.07 Å². The van der Waals surface area contributed by atoms with Crippen LogP contribution >= 0.6 is 0 Å². The van der Waals surface area contributed by atoms with Crippen molar-refractivity contribution in [3.05, 3.63) is 23.8 Å². The maximum atomic E-state index is 13.0. The Labute approximate surface area is 186 Å². The third-order valence-corrected chi connectivity index (χ3v) is 6.88. The van der Waals surface area contributed by atoms with Gasteiger partial charge in [0.2, 0.25) is 5.91 Å². The largest absolute Gasteiger partial charge is 0.490 e. The van der Waals surface area contributed by atoms with E-state index in [4.69, 9.17) is 9.47 Å². The molecule has 0 spiro atoms. The molecule has 0 aromatic heterocycles. The summed E-state index contributed by atoms with van der Waals surface area (Å²) in [5, 5.41) is 2.48. The van der Waals surface area contributed by atoms with Crippen LogP contribution in [0, 0.1) is 0 Å². The van der Waals surface area contributed by atoms with Crippen LogP contribution in [0.25, 0.3) is 0 Å². The summed E-state index contributed by atoms with van der Waals surface area (Å²) in [5.41, 5.74) is 0.920. The summed E-state index contributed by atoms with van der Waals surface area (Å²) in [7, 11) is -3.27. The van der Waals surface area contributed by atoms with E-state index >= 15 is 0 Å². The van der Waals surface area contributed by atoms with Gasteiger partial charge in [-0.3, -0.25) is 14.5 Å². The molecule has 174 valence electrons. The normalized spacial score (nSPS) is 23.3. The molecule has 3 heterocycles. The second kappa shape index (κ2) is 8.97. The molecule has 0 radical (unpaired) electrons. The van der Waals surface area contributed by atoms with Crippen molar-refractivity contribution >= 4 is 27.7 Å². The van der Waals surface area contributed by atoms with Gasteiger partial charge in [0.05, 0.1) is 25.0 Å². The summed E-state index contributed by atoms with van der Waals surface area (Å²) >= 11 is 0. The average Bonchev–Trinajstić information content (AvgIpc) is 3.24. The first-order valence-corrected chi connectivity index (χ1v) is 12.8. The van der Waals surface area contributed by atoms with E-state index in [0.29, 0.717) is 31.3 Å². The molecule has 0 aliphatic carbocycles. The summed E-state index contributed by atoms with van der Waals surface area (Å²) < 4.78 is 34.2. The van der Waals surface area contributed by atoms with E-state index in [1.54, 1.807) is 4.90 Å². The van der Waals surface area contributed by atoms with E-state index in [9.17, 15) is 22.8 Å². The van der Waals surface area contributed by atoms with Crippen LogP contribution in [0.1, 0.15) is 37.3 Å². The molecule has 2 atom stereocenters. The van der Waals surface area contributed by atoms with Gasteiger partial charge >= 0.3 is 6.03 Å². The monoisotopic (exact) mass is 465 g/mol. The fourth-order valence-electron chi connectivity index (χ4n) is 4.28. The Hall–Kier alpha value is -2.82. The first-order chi connectivity index (χ1) is 15.2. The van der Waals surface area contributed by atoms with Crippen molar-refractivity contribution in [2.75, 3.05) is 38.3 Å².